The molecule has 3 amide bonds. The number of imide groups is 1. The van der Waals surface area contributed by atoms with Gasteiger partial charge in [-0.25, -0.2) is 8.78 Å². The fourth-order valence-electron chi connectivity index (χ4n) is 5.97. The van der Waals surface area contributed by atoms with Crippen LogP contribution in [0.2, 0.25) is 0 Å². The second-order valence-electron chi connectivity index (χ2n) is 11.1. The minimum absolute atomic E-state index is 0.0238. The molecule has 3 aromatic carbocycles. The molecule has 0 radical (unpaired) electrons. The van der Waals surface area contributed by atoms with Gasteiger partial charge < -0.3 is 14.5 Å². The Kier molecular flexibility index (Phi) is 7.94. The van der Waals surface area contributed by atoms with E-state index >= 15 is 4.39 Å². The van der Waals surface area contributed by atoms with E-state index in [9.17, 15) is 18.8 Å². The van der Waals surface area contributed by atoms with Crippen molar-refractivity contribution in [3.8, 4) is 5.75 Å². The van der Waals surface area contributed by atoms with Crippen molar-refractivity contribution in [2.75, 3.05) is 31.1 Å². The lowest BCUT2D eigenvalue weighted by molar-refractivity contribution is -0.136. The summed E-state index contributed by atoms with van der Waals surface area (Å²) in [7, 11) is 0. The molecule has 8 nitrogen and oxygen atoms in total. The molecule has 0 bridgehead atoms. The highest BCUT2D eigenvalue weighted by molar-refractivity contribution is 6.05. The molecule has 2 saturated heterocycles. The Morgan fingerprint density at radius 3 is 2.51 bits per heavy atom. The largest absolute Gasteiger partial charge is 0.488 e. The van der Waals surface area contributed by atoms with Crippen molar-refractivity contribution in [1.29, 1.82) is 0 Å². The van der Waals surface area contributed by atoms with Crippen molar-refractivity contribution in [3.05, 3.63) is 101 Å². The number of fused-ring (bicyclic) bond motifs is 1. The van der Waals surface area contributed by atoms with E-state index in [1.165, 1.54) is 17.0 Å². The molecule has 0 aromatic heterocycles. The zero-order valence-electron chi connectivity index (χ0n) is 23.7. The van der Waals surface area contributed by atoms with Crippen molar-refractivity contribution in [3.63, 3.8) is 0 Å². The number of amides is 3. The number of anilines is 1. The van der Waals surface area contributed by atoms with Crippen molar-refractivity contribution < 1.29 is 27.9 Å². The van der Waals surface area contributed by atoms with Gasteiger partial charge in [0.2, 0.25) is 11.8 Å². The van der Waals surface area contributed by atoms with Crippen LogP contribution in [-0.4, -0.2) is 59.7 Å². The lowest BCUT2D eigenvalue weighted by Gasteiger charge is -2.36. The van der Waals surface area contributed by atoms with Gasteiger partial charge in [-0.2, -0.15) is 0 Å². The van der Waals surface area contributed by atoms with Crippen LogP contribution in [0.5, 0.6) is 5.75 Å². The van der Waals surface area contributed by atoms with Crippen LogP contribution in [-0.2, 0) is 29.3 Å². The van der Waals surface area contributed by atoms with Crippen LogP contribution in [0, 0.1) is 11.6 Å². The standard InChI is InChI=1S/C33H32F2N4O4/c1-2-21-7-9-28(27(35)16-21)38-14-12-37(13-15-38)18-22-6-8-23(26(34)17-22)20-43-30-5-3-4-24-25(30)19-39(33(24)42)29-10-11-31(40)36-32(29)41/h2-9,16-17,29H,1,10-15,18-20H2,(H,36,40,41)/t29-/m1/s1. The number of hydrogen-bond donors (Lipinski definition) is 1. The van der Waals surface area contributed by atoms with E-state index < -0.39 is 11.9 Å². The molecule has 1 N–H and O–H groups in total. The van der Waals surface area contributed by atoms with Gasteiger partial charge in [-0.3, -0.25) is 24.6 Å². The normalized spacial score (nSPS) is 18.9. The summed E-state index contributed by atoms with van der Waals surface area (Å²) in [6.07, 6.45) is 2.07. The number of nitrogens with zero attached hydrogens (tertiary/aromatic N) is 3. The van der Waals surface area contributed by atoms with Crippen molar-refractivity contribution in [2.24, 2.45) is 0 Å². The number of halogens is 2. The maximum Gasteiger partial charge on any atom is 0.255 e. The van der Waals surface area contributed by atoms with E-state index in [-0.39, 0.29) is 49.4 Å². The Morgan fingerprint density at radius 1 is 0.977 bits per heavy atom. The molecule has 43 heavy (non-hydrogen) atoms. The number of nitrogens with one attached hydrogen (secondary N) is 1. The summed E-state index contributed by atoms with van der Waals surface area (Å²) >= 11 is 0. The second kappa shape index (κ2) is 12.0. The van der Waals surface area contributed by atoms with E-state index in [2.05, 4.69) is 16.8 Å². The molecule has 0 unspecified atom stereocenters. The molecule has 2 fully saturated rings. The average molecular weight is 587 g/mol. The molecule has 3 aromatic rings. The fraction of sp³-hybridized carbons (Fsp3) is 0.303. The van der Waals surface area contributed by atoms with Crippen molar-refractivity contribution in [2.45, 2.75) is 38.6 Å². The Bertz CT molecular complexity index is 1600. The van der Waals surface area contributed by atoms with Gasteiger partial charge in [0.25, 0.3) is 5.91 Å². The van der Waals surface area contributed by atoms with E-state index in [0.717, 1.165) is 24.2 Å². The number of carbonyl (C=O) groups is 3. The van der Waals surface area contributed by atoms with Gasteiger partial charge in [0.1, 0.15) is 30.0 Å². The zero-order valence-corrected chi connectivity index (χ0v) is 23.7. The van der Waals surface area contributed by atoms with Gasteiger partial charge >= 0.3 is 0 Å². The maximum absolute atomic E-state index is 15.1. The molecule has 0 spiro atoms. The highest BCUT2D eigenvalue weighted by Gasteiger charge is 2.40. The summed E-state index contributed by atoms with van der Waals surface area (Å²) in [5.74, 6) is -1.29. The summed E-state index contributed by atoms with van der Waals surface area (Å²) in [5, 5.41) is 2.30. The SMILES string of the molecule is C=Cc1ccc(N2CCN(Cc3ccc(COc4cccc5c4CN([C@@H]4CCC(=O)NC4=O)C5=O)c(F)c3)CC2)c(F)c1. The first kappa shape index (κ1) is 28.5. The molecular formula is C33H32F2N4O4. The topological polar surface area (TPSA) is 82.2 Å². The predicted octanol–water partition coefficient (Wildman–Crippen LogP) is 4.27. The fourth-order valence-corrected chi connectivity index (χ4v) is 5.97. The maximum atomic E-state index is 15.1. The van der Waals surface area contributed by atoms with Gasteiger partial charge in [-0.05, 0) is 47.9 Å². The van der Waals surface area contributed by atoms with Crippen LogP contribution in [0.25, 0.3) is 6.08 Å². The number of piperidine rings is 1. The molecule has 222 valence electrons. The minimum Gasteiger partial charge on any atom is -0.488 e. The number of benzene rings is 3. The lowest BCUT2D eigenvalue weighted by atomic mass is 10.0. The highest BCUT2D eigenvalue weighted by atomic mass is 19.1. The second-order valence-corrected chi connectivity index (χ2v) is 11.1. The monoisotopic (exact) mass is 586 g/mol. The first-order chi connectivity index (χ1) is 20.8. The summed E-state index contributed by atoms with van der Waals surface area (Å²) in [4.78, 5) is 42.7. The molecule has 10 heteroatoms. The molecule has 3 heterocycles. The van der Waals surface area contributed by atoms with Crippen LogP contribution in [0.4, 0.5) is 14.5 Å². The zero-order chi connectivity index (χ0) is 30.1. The number of carbonyl (C=O) groups excluding carboxylic acids is 3. The number of ether oxygens (including phenoxy) is 1. The number of hydrogen-bond acceptors (Lipinski definition) is 6. The van der Waals surface area contributed by atoms with Gasteiger partial charge in [-0.1, -0.05) is 36.9 Å². The quantitative estimate of drug-likeness (QED) is 0.397. The van der Waals surface area contributed by atoms with Gasteiger partial charge in [-0.15, -0.1) is 0 Å². The predicted molar refractivity (Wildman–Crippen MR) is 157 cm³/mol. The minimum atomic E-state index is -0.719. The molecule has 3 aliphatic heterocycles. The van der Waals surface area contributed by atoms with Crippen LogP contribution < -0.4 is 15.0 Å². The van der Waals surface area contributed by atoms with Crippen molar-refractivity contribution in [1.82, 2.24) is 15.1 Å². The van der Waals surface area contributed by atoms with E-state index in [1.807, 2.05) is 17.0 Å². The Hall–Kier alpha value is -4.57. The van der Waals surface area contributed by atoms with E-state index in [0.29, 0.717) is 47.8 Å². The average Bonchev–Trinajstić information content (AvgIpc) is 3.33. The third-order valence-electron chi connectivity index (χ3n) is 8.37. The van der Waals surface area contributed by atoms with Crippen LogP contribution >= 0.6 is 0 Å². The highest BCUT2D eigenvalue weighted by Crippen LogP contribution is 2.34. The van der Waals surface area contributed by atoms with Crippen LogP contribution in [0.15, 0.2) is 61.2 Å². The lowest BCUT2D eigenvalue weighted by Crippen LogP contribution is -2.52. The Labute approximate surface area is 248 Å². The Balaban J connectivity index is 1.05. The number of rotatable bonds is 8. The van der Waals surface area contributed by atoms with Gasteiger partial charge in [0, 0.05) is 55.8 Å². The molecule has 0 saturated carbocycles. The third-order valence-corrected chi connectivity index (χ3v) is 8.37. The van der Waals surface area contributed by atoms with Crippen LogP contribution in [0.1, 0.15) is 45.5 Å². The first-order valence-electron chi connectivity index (χ1n) is 14.4. The first-order valence-corrected chi connectivity index (χ1v) is 14.4. The molecule has 0 aliphatic carbocycles. The van der Waals surface area contributed by atoms with Gasteiger partial charge in [0.15, 0.2) is 0 Å². The van der Waals surface area contributed by atoms with Crippen molar-refractivity contribution >= 4 is 29.5 Å². The summed E-state index contributed by atoms with van der Waals surface area (Å²) in [6.45, 7) is 7.21. The number of piperazine rings is 1. The van der Waals surface area contributed by atoms with E-state index in [4.69, 9.17) is 4.74 Å². The third kappa shape index (κ3) is 5.87. The molecule has 1 atom stereocenters. The Morgan fingerprint density at radius 2 is 1.79 bits per heavy atom. The summed E-state index contributed by atoms with van der Waals surface area (Å²) in [6, 6.07) is 14.6. The van der Waals surface area contributed by atoms with Gasteiger partial charge in [0.05, 0.1) is 12.2 Å². The summed E-state index contributed by atoms with van der Waals surface area (Å²) < 4.78 is 35.6. The molecular weight excluding hydrogens is 554 g/mol. The smallest absolute Gasteiger partial charge is 0.255 e. The van der Waals surface area contributed by atoms with Crippen LogP contribution in [0.3, 0.4) is 0 Å². The molecule has 6 rings (SSSR count). The summed E-state index contributed by atoms with van der Waals surface area (Å²) in [5.41, 5.74) is 3.63. The molecule has 3 aliphatic rings. The van der Waals surface area contributed by atoms with E-state index in [1.54, 1.807) is 36.4 Å².